The Labute approximate surface area is 53.0 Å². The van der Waals surface area contributed by atoms with Gasteiger partial charge in [-0.05, 0) is 5.18 Å². The van der Waals surface area contributed by atoms with Crippen molar-refractivity contribution in [2.75, 3.05) is 20.8 Å². The van der Waals surface area contributed by atoms with Crippen LogP contribution in [0.25, 0.3) is 0 Å². The Hall–Kier alpha value is -1.13. The highest BCUT2D eigenvalue weighted by Crippen LogP contribution is 1.81. The molecule has 0 spiro atoms. The van der Waals surface area contributed by atoms with Crippen molar-refractivity contribution >= 4 is 6.03 Å². The molecule has 9 heavy (non-hydrogen) atoms. The molecule has 0 aromatic carbocycles. The third-order valence-corrected chi connectivity index (χ3v) is 0.830. The zero-order valence-corrected chi connectivity index (χ0v) is 5.42. The van der Waals surface area contributed by atoms with Gasteiger partial charge in [0.1, 0.15) is 0 Å². The molecule has 1 N–H and O–H groups in total. The van der Waals surface area contributed by atoms with Crippen molar-refractivity contribution in [3.05, 3.63) is 4.91 Å². The molecule has 0 aliphatic heterocycles. The number of hydrogen-bond donors (Lipinski definition) is 1. The van der Waals surface area contributed by atoms with Gasteiger partial charge in [-0.15, -0.1) is 4.91 Å². The largest absolute Gasteiger partial charge is 0.341 e. The predicted octanol–water partition coefficient (Wildman–Crippen LogP) is -0.0185. The Morgan fingerprint density at radius 1 is 1.78 bits per heavy atom. The molecule has 52 valence electrons. The van der Waals surface area contributed by atoms with Crippen LogP contribution in [0.5, 0.6) is 0 Å². The Bertz CT molecular complexity index is 114. The molecule has 0 atom stereocenters. The minimum absolute atomic E-state index is 0.111. The summed E-state index contributed by atoms with van der Waals surface area (Å²) in [6, 6.07) is -0.311. The van der Waals surface area contributed by atoms with Crippen LogP contribution in [-0.4, -0.2) is 31.7 Å². The number of hydrogen-bond acceptors (Lipinski definition) is 3. The number of carbonyl (C=O) groups excluding carboxylic acids is 1. The maximum atomic E-state index is 10.5. The van der Waals surface area contributed by atoms with Crippen LogP contribution in [0.1, 0.15) is 0 Å². The van der Waals surface area contributed by atoms with Crippen LogP contribution in [0.15, 0.2) is 5.18 Å². The van der Waals surface area contributed by atoms with E-state index in [1.807, 2.05) is 0 Å². The second-order valence-corrected chi connectivity index (χ2v) is 1.52. The summed E-state index contributed by atoms with van der Waals surface area (Å²) >= 11 is 0. The molecule has 0 aliphatic carbocycles. The van der Waals surface area contributed by atoms with Gasteiger partial charge in [-0.2, -0.15) is 0 Å². The van der Waals surface area contributed by atoms with Gasteiger partial charge in [-0.25, -0.2) is 4.79 Å². The average Bonchev–Trinajstić information content (AvgIpc) is 1.87. The maximum absolute atomic E-state index is 10.5. The molecular formula is C4H9N3O2. The minimum atomic E-state index is -0.311. The molecule has 0 bridgehead atoms. The maximum Gasteiger partial charge on any atom is 0.318 e. The summed E-state index contributed by atoms with van der Waals surface area (Å²) < 4.78 is 0. The van der Waals surface area contributed by atoms with Crippen molar-refractivity contribution in [3.8, 4) is 0 Å². The Balaban J connectivity index is 3.58. The smallest absolute Gasteiger partial charge is 0.318 e. The third kappa shape index (κ3) is 2.63. The van der Waals surface area contributed by atoms with E-state index in [1.54, 1.807) is 0 Å². The van der Waals surface area contributed by atoms with Crippen molar-refractivity contribution in [2.24, 2.45) is 5.18 Å². The van der Waals surface area contributed by atoms with Crippen LogP contribution in [0.3, 0.4) is 0 Å². The first-order valence-electron chi connectivity index (χ1n) is 2.44. The van der Waals surface area contributed by atoms with Gasteiger partial charge in [0.15, 0.2) is 6.67 Å². The standard InChI is InChI=1S/C4H9N3O2/c1-5-4(8)7(2)3-6-9/h3H2,1-2H3,(H,5,8). The second-order valence-electron chi connectivity index (χ2n) is 1.52. The van der Waals surface area contributed by atoms with Gasteiger partial charge in [0.2, 0.25) is 0 Å². The highest BCUT2D eigenvalue weighted by Gasteiger charge is 2.02. The Morgan fingerprint density at radius 3 is 2.67 bits per heavy atom. The highest BCUT2D eigenvalue weighted by atomic mass is 16.3. The first-order valence-corrected chi connectivity index (χ1v) is 2.44. The fourth-order valence-electron chi connectivity index (χ4n) is 0.342. The van der Waals surface area contributed by atoms with Crippen molar-refractivity contribution < 1.29 is 4.79 Å². The summed E-state index contributed by atoms with van der Waals surface area (Å²) in [5, 5.41) is 4.86. The van der Waals surface area contributed by atoms with E-state index in [1.165, 1.54) is 19.0 Å². The lowest BCUT2D eigenvalue weighted by atomic mass is 10.8. The fourth-order valence-corrected chi connectivity index (χ4v) is 0.342. The first-order chi connectivity index (χ1) is 4.22. The summed E-state index contributed by atoms with van der Waals surface area (Å²) in [6.45, 7) is -0.111. The van der Waals surface area contributed by atoms with Crippen LogP contribution >= 0.6 is 0 Å². The third-order valence-electron chi connectivity index (χ3n) is 0.830. The van der Waals surface area contributed by atoms with Gasteiger partial charge in [0.25, 0.3) is 0 Å². The van der Waals surface area contributed by atoms with E-state index in [4.69, 9.17) is 0 Å². The van der Waals surface area contributed by atoms with Crippen molar-refractivity contribution in [3.63, 3.8) is 0 Å². The predicted molar refractivity (Wildman–Crippen MR) is 32.9 cm³/mol. The average molecular weight is 131 g/mol. The van der Waals surface area contributed by atoms with Crippen LogP contribution in [0, 0.1) is 4.91 Å². The number of urea groups is 1. The second kappa shape index (κ2) is 3.82. The monoisotopic (exact) mass is 131 g/mol. The molecule has 0 rings (SSSR count). The lowest BCUT2D eigenvalue weighted by Crippen LogP contribution is -2.34. The molecule has 0 aromatic heterocycles. The summed E-state index contributed by atoms with van der Waals surface area (Å²) in [6.07, 6.45) is 0. The van der Waals surface area contributed by atoms with Gasteiger partial charge in [0.05, 0.1) is 0 Å². The Morgan fingerprint density at radius 2 is 2.33 bits per heavy atom. The topological polar surface area (TPSA) is 61.8 Å². The van der Waals surface area contributed by atoms with Gasteiger partial charge in [-0.1, -0.05) is 0 Å². The molecule has 0 heterocycles. The zero-order chi connectivity index (χ0) is 7.28. The van der Waals surface area contributed by atoms with E-state index in [0.717, 1.165) is 0 Å². The minimum Gasteiger partial charge on any atom is -0.341 e. The fraction of sp³-hybridized carbons (Fsp3) is 0.750. The SMILES string of the molecule is CNC(=O)N(C)CN=O. The summed E-state index contributed by atoms with van der Waals surface area (Å²) in [4.78, 5) is 21.3. The summed E-state index contributed by atoms with van der Waals surface area (Å²) in [5.41, 5.74) is 0. The van der Waals surface area contributed by atoms with Crippen molar-refractivity contribution in [2.45, 2.75) is 0 Å². The lowest BCUT2D eigenvalue weighted by Gasteiger charge is -2.10. The van der Waals surface area contributed by atoms with Gasteiger partial charge >= 0.3 is 6.03 Å². The van der Waals surface area contributed by atoms with Gasteiger partial charge in [-0.3, -0.25) is 0 Å². The lowest BCUT2D eigenvalue weighted by molar-refractivity contribution is 0.212. The van der Waals surface area contributed by atoms with Crippen LogP contribution in [0.4, 0.5) is 4.79 Å². The van der Waals surface area contributed by atoms with Crippen molar-refractivity contribution in [1.29, 1.82) is 0 Å². The number of nitrogens with one attached hydrogen (secondary N) is 1. The zero-order valence-electron chi connectivity index (χ0n) is 5.42. The molecule has 0 unspecified atom stereocenters. The van der Waals surface area contributed by atoms with Crippen LogP contribution < -0.4 is 5.32 Å². The molecule has 0 fully saturated rings. The molecule has 5 nitrogen and oxygen atoms in total. The molecule has 5 heteroatoms. The van der Waals surface area contributed by atoms with E-state index in [0.29, 0.717) is 0 Å². The number of nitroso groups, excluding NO2 is 1. The quantitative estimate of drug-likeness (QED) is 0.535. The van der Waals surface area contributed by atoms with E-state index >= 15 is 0 Å². The molecule has 0 saturated heterocycles. The molecule has 0 radical (unpaired) electrons. The number of amides is 2. The molecule has 0 saturated carbocycles. The number of nitrogens with zero attached hydrogens (tertiary/aromatic N) is 2. The normalized spacial score (nSPS) is 8.22. The van der Waals surface area contributed by atoms with Crippen LogP contribution in [-0.2, 0) is 0 Å². The summed E-state index contributed by atoms with van der Waals surface area (Å²) in [7, 11) is 2.98. The number of rotatable bonds is 2. The molecular weight excluding hydrogens is 122 g/mol. The van der Waals surface area contributed by atoms with E-state index in [2.05, 4.69) is 10.5 Å². The van der Waals surface area contributed by atoms with E-state index in [9.17, 15) is 9.70 Å². The number of carbonyl (C=O) groups is 1. The van der Waals surface area contributed by atoms with Gasteiger partial charge in [0, 0.05) is 14.1 Å². The van der Waals surface area contributed by atoms with Gasteiger partial charge < -0.3 is 10.2 Å². The van der Waals surface area contributed by atoms with E-state index in [-0.39, 0.29) is 12.7 Å². The molecule has 0 aromatic rings. The highest BCUT2D eigenvalue weighted by molar-refractivity contribution is 5.73. The van der Waals surface area contributed by atoms with Crippen LogP contribution in [0.2, 0.25) is 0 Å². The molecule has 0 aliphatic rings. The summed E-state index contributed by atoms with van der Waals surface area (Å²) in [5.74, 6) is 0. The molecule has 2 amide bonds. The van der Waals surface area contributed by atoms with Crippen molar-refractivity contribution in [1.82, 2.24) is 10.2 Å². The first kappa shape index (κ1) is 7.87. The Kier molecular flexibility index (Phi) is 3.34. The van der Waals surface area contributed by atoms with E-state index < -0.39 is 0 Å².